The molecule has 2 aromatic carbocycles. The zero-order chi connectivity index (χ0) is 26.1. The summed E-state index contributed by atoms with van der Waals surface area (Å²) in [6.07, 6.45) is 4.29. The predicted molar refractivity (Wildman–Crippen MR) is 137 cm³/mol. The molecule has 2 aromatic rings. The number of hydrogen-bond donors (Lipinski definition) is 0. The van der Waals surface area contributed by atoms with Crippen molar-refractivity contribution in [3.8, 4) is 11.5 Å². The van der Waals surface area contributed by atoms with E-state index in [-0.39, 0.29) is 23.9 Å². The molecule has 0 bridgehead atoms. The van der Waals surface area contributed by atoms with Crippen molar-refractivity contribution in [1.82, 2.24) is 4.90 Å². The Bertz CT molecular complexity index is 1300. The van der Waals surface area contributed by atoms with E-state index in [2.05, 4.69) is 11.8 Å². The van der Waals surface area contributed by atoms with Crippen LogP contribution >= 0.6 is 0 Å². The standard InChI is InChI=1S/C29H30N2O6/c1-3-30-21-9-5-11-23(32)28(21)27(29-22(30)10-6-12-24(29)33)19-13-14-25(26(16-19)36-2)37-17-18-7-4-8-20(15-18)31(34)35/h4,7-8,13-16,27H,3,5-6,9-12,17H2,1-2H3. The van der Waals surface area contributed by atoms with Gasteiger partial charge in [0.15, 0.2) is 23.1 Å². The van der Waals surface area contributed by atoms with Gasteiger partial charge in [0.25, 0.3) is 5.69 Å². The molecule has 0 saturated heterocycles. The van der Waals surface area contributed by atoms with E-state index in [1.54, 1.807) is 25.3 Å². The SMILES string of the molecule is CCN1C2=C(C(=O)CCC2)C(c2ccc(OCc3cccc([N+](=O)[O-])c3)c(OC)c2)C2=C1CCCC2=O. The summed E-state index contributed by atoms with van der Waals surface area (Å²) in [5.41, 5.74) is 5.11. The Balaban J connectivity index is 1.52. The van der Waals surface area contributed by atoms with Crippen LogP contribution in [0.5, 0.6) is 11.5 Å². The van der Waals surface area contributed by atoms with E-state index in [9.17, 15) is 19.7 Å². The van der Waals surface area contributed by atoms with Crippen LogP contribution in [-0.2, 0) is 16.2 Å². The van der Waals surface area contributed by atoms with Crippen LogP contribution in [-0.4, -0.2) is 35.0 Å². The minimum atomic E-state index is -0.437. The monoisotopic (exact) mass is 502 g/mol. The molecule has 0 fully saturated rings. The van der Waals surface area contributed by atoms with Crippen LogP contribution in [0.25, 0.3) is 0 Å². The van der Waals surface area contributed by atoms with Gasteiger partial charge in [0.05, 0.1) is 12.0 Å². The van der Waals surface area contributed by atoms with Crippen molar-refractivity contribution in [2.24, 2.45) is 0 Å². The molecule has 0 unspecified atom stereocenters. The number of rotatable bonds is 7. The smallest absolute Gasteiger partial charge is 0.269 e. The van der Waals surface area contributed by atoms with E-state index in [1.807, 2.05) is 12.1 Å². The lowest BCUT2D eigenvalue weighted by atomic mass is 9.71. The molecule has 0 saturated carbocycles. The molecule has 0 amide bonds. The molecule has 5 rings (SSSR count). The van der Waals surface area contributed by atoms with Crippen molar-refractivity contribution >= 4 is 17.3 Å². The molecule has 0 atom stereocenters. The van der Waals surface area contributed by atoms with Crippen LogP contribution in [0.1, 0.15) is 62.5 Å². The Hall–Kier alpha value is -3.94. The van der Waals surface area contributed by atoms with Crippen molar-refractivity contribution in [3.63, 3.8) is 0 Å². The Morgan fingerprint density at radius 3 is 2.22 bits per heavy atom. The van der Waals surface area contributed by atoms with Gasteiger partial charge in [-0.05, 0) is 55.9 Å². The highest BCUT2D eigenvalue weighted by Gasteiger charge is 2.43. The molecule has 8 nitrogen and oxygen atoms in total. The molecule has 0 aromatic heterocycles. The van der Waals surface area contributed by atoms with Crippen molar-refractivity contribution in [1.29, 1.82) is 0 Å². The normalized spacial score (nSPS) is 18.1. The summed E-state index contributed by atoms with van der Waals surface area (Å²) in [5.74, 6) is 0.779. The summed E-state index contributed by atoms with van der Waals surface area (Å²) < 4.78 is 11.6. The van der Waals surface area contributed by atoms with Crippen LogP contribution in [0.15, 0.2) is 65.0 Å². The molecule has 0 radical (unpaired) electrons. The topological polar surface area (TPSA) is 99.0 Å². The first-order chi connectivity index (χ1) is 17.9. The third-order valence-electron chi connectivity index (χ3n) is 7.44. The van der Waals surface area contributed by atoms with E-state index >= 15 is 0 Å². The maximum Gasteiger partial charge on any atom is 0.269 e. The molecule has 2 aliphatic carbocycles. The van der Waals surface area contributed by atoms with Gasteiger partial charge in [-0.3, -0.25) is 19.7 Å². The molecule has 192 valence electrons. The first kappa shape index (κ1) is 24.7. The lowest BCUT2D eigenvalue weighted by Gasteiger charge is -2.43. The Labute approximate surface area is 215 Å². The van der Waals surface area contributed by atoms with Gasteiger partial charge >= 0.3 is 0 Å². The molecule has 0 spiro atoms. The van der Waals surface area contributed by atoms with E-state index in [0.29, 0.717) is 29.9 Å². The lowest BCUT2D eigenvalue weighted by molar-refractivity contribution is -0.384. The number of benzene rings is 2. The van der Waals surface area contributed by atoms with Gasteiger partial charge in [0, 0.05) is 60.0 Å². The third kappa shape index (κ3) is 4.52. The number of allylic oxidation sites excluding steroid dienone is 4. The second kappa shape index (κ2) is 10.2. The maximum atomic E-state index is 13.3. The number of carbonyl (C=O) groups is 2. The average Bonchev–Trinajstić information content (AvgIpc) is 2.91. The molecular weight excluding hydrogens is 472 g/mol. The number of ether oxygens (including phenoxy) is 2. The van der Waals surface area contributed by atoms with Gasteiger partial charge < -0.3 is 14.4 Å². The summed E-state index contributed by atoms with van der Waals surface area (Å²) in [6.45, 7) is 2.94. The lowest BCUT2D eigenvalue weighted by Crippen LogP contribution is -2.39. The number of nitro benzene ring substituents is 1. The van der Waals surface area contributed by atoms with Gasteiger partial charge in [0.2, 0.25) is 0 Å². The zero-order valence-electron chi connectivity index (χ0n) is 21.1. The number of nitro groups is 1. The van der Waals surface area contributed by atoms with Crippen LogP contribution in [0.2, 0.25) is 0 Å². The summed E-state index contributed by atoms with van der Waals surface area (Å²) in [5, 5.41) is 11.1. The number of Topliss-reactive ketones (excluding diaryl/α,β-unsaturated/α-hetero) is 2. The molecule has 0 N–H and O–H groups in total. The molecule has 37 heavy (non-hydrogen) atoms. The highest BCUT2D eigenvalue weighted by Crippen LogP contribution is 2.50. The fourth-order valence-corrected chi connectivity index (χ4v) is 5.84. The van der Waals surface area contributed by atoms with Crippen molar-refractivity contribution in [3.05, 3.63) is 86.2 Å². The molecule has 3 aliphatic rings. The zero-order valence-corrected chi connectivity index (χ0v) is 21.1. The predicted octanol–water partition coefficient (Wildman–Crippen LogP) is 5.62. The van der Waals surface area contributed by atoms with Gasteiger partial charge in [-0.1, -0.05) is 18.2 Å². The summed E-state index contributed by atoms with van der Waals surface area (Å²) in [7, 11) is 1.55. The Morgan fingerprint density at radius 2 is 1.62 bits per heavy atom. The number of nitrogens with zero attached hydrogens (tertiary/aromatic N) is 2. The van der Waals surface area contributed by atoms with Crippen LogP contribution in [0.4, 0.5) is 5.69 Å². The minimum absolute atomic E-state index is 0.00397. The van der Waals surface area contributed by atoms with Gasteiger partial charge in [-0.25, -0.2) is 0 Å². The number of hydrogen-bond acceptors (Lipinski definition) is 7. The van der Waals surface area contributed by atoms with E-state index < -0.39 is 10.8 Å². The van der Waals surface area contributed by atoms with Gasteiger partial charge in [0.1, 0.15) is 6.61 Å². The first-order valence-electron chi connectivity index (χ1n) is 12.8. The number of ketones is 2. The first-order valence-corrected chi connectivity index (χ1v) is 12.8. The molecule has 8 heteroatoms. The molecular formula is C29H30N2O6. The average molecular weight is 503 g/mol. The van der Waals surface area contributed by atoms with E-state index in [4.69, 9.17) is 9.47 Å². The second-order valence-electron chi connectivity index (χ2n) is 9.58. The summed E-state index contributed by atoms with van der Waals surface area (Å²) in [6, 6.07) is 11.9. The van der Waals surface area contributed by atoms with Crippen LogP contribution in [0.3, 0.4) is 0 Å². The maximum absolute atomic E-state index is 13.3. The van der Waals surface area contributed by atoms with Crippen molar-refractivity contribution < 1.29 is 24.0 Å². The van der Waals surface area contributed by atoms with Gasteiger partial charge in [-0.2, -0.15) is 0 Å². The van der Waals surface area contributed by atoms with E-state index in [0.717, 1.165) is 60.3 Å². The molecule has 1 heterocycles. The number of non-ortho nitro benzene ring substituents is 1. The highest BCUT2D eigenvalue weighted by atomic mass is 16.6. The number of methoxy groups -OCH3 is 1. The largest absolute Gasteiger partial charge is 0.493 e. The summed E-state index contributed by atoms with van der Waals surface area (Å²) in [4.78, 5) is 39.4. The van der Waals surface area contributed by atoms with Crippen LogP contribution in [0, 0.1) is 10.1 Å². The van der Waals surface area contributed by atoms with Crippen LogP contribution < -0.4 is 9.47 Å². The highest BCUT2D eigenvalue weighted by molar-refractivity contribution is 6.06. The fraction of sp³-hybridized carbons (Fsp3) is 0.379. The number of carbonyl (C=O) groups excluding carboxylic acids is 2. The Kier molecular flexibility index (Phi) is 6.82. The quantitative estimate of drug-likeness (QED) is 0.358. The second-order valence-corrected chi connectivity index (χ2v) is 9.58. The minimum Gasteiger partial charge on any atom is -0.493 e. The summed E-state index contributed by atoms with van der Waals surface area (Å²) >= 11 is 0. The fourth-order valence-electron chi connectivity index (χ4n) is 5.84. The molecule has 1 aliphatic heterocycles. The van der Waals surface area contributed by atoms with E-state index in [1.165, 1.54) is 12.1 Å². The van der Waals surface area contributed by atoms with Crippen molar-refractivity contribution in [2.75, 3.05) is 13.7 Å². The van der Waals surface area contributed by atoms with Crippen molar-refractivity contribution in [2.45, 2.75) is 58.0 Å². The van der Waals surface area contributed by atoms with Gasteiger partial charge in [-0.15, -0.1) is 0 Å². The third-order valence-corrected chi connectivity index (χ3v) is 7.44. The Morgan fingerprint density at radius 1 is 0.946 bits per heavy atom.